The van der Waals surface area contributed by atoms with E-state index in [0.717, 1.165) is 16.3 Å². The lowest BCUT2D eigenvalue weighted by Crippen LogP contribution is -2.21. The Labute approximate surface area is 166 Å². The van der Waals surface area contributed by atoms with E-state index in [1.54, 1.807) is 30.2 Å². The van der Waals surface area contributed by atoms with Gasteiger partial charge in [0.05, 0.1) is 6.54 Å². The standard InChI is InChI=1S/C20H19ClFN3OS/c1-13(2)27-19-23-12-24-25(19)11-20(14-7-9-15(22)10-8-14)18(26-20)16-5-3-4-6-17(16)21/h3-10,12-13,18H,11H2,1-2H3/t18-,20+/m1/s1. The van der Waals surface area contributed by atoms with Crippen LogP contribution in [0.5, 0.6) is 0 Å². The second-order valence-corrected chi connectivity index (χ2v) is 8.73. The van der Waals surface area contributed by atoms with Gasteiger partial charge in [-0.1, -0.05) is 67.5 Å². The smallest absolute Gasteiger partial charge is 0.186 e. The maximum atomic E-state index is 13.5. The lowest BCUT2D eigenvalue weighted by molar-refractivity contribution is 0.256. The van der Waals surface area contributed by atoms with Crippen LogP contribution >= 0.6 is 23.4 Å². The average Bonchev–Trinajstić information content (AvgIpc) is 3.20. The predicted octanol–water partition coefficient (Wildman–Crippen LogP) is 5.24. The van der Waals surface area contributed by atoms with Gasteiger partial charge in [-0.05, 0) is 23.8 Å². The molecular formula is C20H19ClFN3OS. The van der Waals surface area contributed by atoms with Crippen molar-refractivity contribution < 1.29 is 9.13 Å². The maximum Gasteiger partial charge on any atom is 0.186 e. The van der Waals surface area contributed by atoms with Gasteiger partial charge in [0, 0.05) is 15.8 Å². The summed E-state index contributed by atoms with van der Waals surface area (Å²) in [5, 5.41) is 6.26. The van der Waals surface area contributed by atoms with Crippen LogP contribution in [0.3, 0.4) is 0 Å². The van der Waals surface area contributed by atoms with Crippen LogP contribution in [0.15, 0.2) is 60.0 Å². The van der Waals surface area contributed by atoms with Gasteiger partial charge < -0.3 is 4.74 Å². The van der Waals surface area contributed by atoms with Gasteiger partial charge in [0.25, 0.3) is 0 Å². The van der Waals surface area contributed by atoms with Gasteiger partial charge in [0.2, 0.25) is 0 Å². The number of halogens is 2. The first-order valence-electron chi connectivity index (χ1n) is 8.72. The molecule has 1 aromatic heterocycles. The number of hydrogen-bond acceptors (Lipinski definition) is 4. The fraction of sp³-hybridized carbons (Fsp3) is 0.300. The van der Waals surface area contributed by atoms with E-state index in [9.17, 15) is 4.39 Å². The molecular weight excluding hydrogens is 385 g/mol. The normalized spacial score (nSPS) is 21.6. The summed E-state index contributed by atoms with van der Waals surface area (Å²) in [7, 11) is 0. The Morgan fingerprint density at radius 3 is 2.67 bits per heavy atom. The highest BCUT2D eigenvalue weighted by Gasteiger charge is 2.59. The van der Waals surface area contributed by atoms with Crippen molar-refractivity contribution in [3.63, 3.8) is 0 Å². The summed E-state index contributed by atoms with van der Waals surface area (Å²) in [6, 6.07) is 14.1. The molecule has 7 heteroatoms. The number of nitrogens with zero attached hydrogens (tertiary/aromatic N) is 3. The van der Waals surface area contributed by atoms with Crippen LogP contribution in [0, 0.1) is 5.82 Å². The van der Waals surface area contributed by atoms with Gasteiger partial charge in [-0.25, -0.2) is 14.1 Å². The molecule has 0 bridgehead atoms. The quantitative estimate of drug-likeness (QED) is 0.417. The predicted molar refractivity (Wildman–Crippen MR) is 104 cm³/mol. The third-order valence-corrected chi connectivity index (χ3v) is 5.86. The Hall–Kier alpha value is -1.89. The van der Waals surface area contributed by atoms with E-state index in [0.29, 0.717) is 16.8 Å². The third-order valence-electron chi connectivity index (χ3n) is 4.52. The Balaban J connectivity index is 1.72. The van der Waals surface area contributed by atoms with Crippen molar-refractivity contribution in [1.29, 1.82) is 0 Å². The Morgan fingerprint density at radius 2 is 1.96 bits per heavy atom. The largest absolute Gasteiger partial charge is 0.354 e. The molecule has 1 fully saturated rings. The molecule has 0 saturated carbocycles. The van der Waals surface area contributed by atoms with Gasteiger partial charge >= 0.3 is 0 Å². The number of benzene rings is 2. The summed E-state index contributed by atoms with van der Waals surface area (Å²) in [6.07, 6.45) is 1.33. The second-order valence-electron chi connectivity index (χ2n) is 6.78. The zero-order valence-electron chi connectivity index (χ0n) is 15.0. The highest BCUT2D eigenvalue weighted by Crippen LogP contribution is 2.59. The molecule has 0 radical (unpaired) electrons. The first kappa shape index (κ1) is 18.5. The molecule has 0 amide bonds. The summed E-state index contributed by atoms with van der Waals surface area (Å²) >= 11 is 8.05. The van der Waals surface area contributed by atoms with Gasteiger partial charge in [-0.15, -0.1) is 0 Å². The van der Waals surface area contributed by atoms with E-state index < -0.39 is 5.60 Å². The summed E-state index contributed by atoms with van der Waals surface area (Å²) in [6.45, 7) is 4.70. The van der Waals surface area contributed by atoms with E-state index in [4.69, 9.17) is 16.3 Å². The lowest BCUT2D eigenvalue weighted by atomic mass is 9.91. The molecule has 2 aromatic carbocycles. The lowest BCUT2D eigenvalue weighted by Gasteiger charge is -2.16. The zero-order valence-corrected chi connectivity index (χ0v) is 16.5. The van der Waals surface area contributed by atoms with Crippen molar-refractivity contribution in [2.75, 3.05) is 0 Å². The van der Waals surface area contributed by atoms with Gasteiger partial charge in [-0.3, -0.25) is 0 Å². The van der Waals surface area contributed by atoms with Crippen molar-refractivity contribution in [3.05, 3.63) is 76.8 Å². The summed E-state index contributed by atoms with van der Waals surface area (Å²) < 4.78 is 21.5. The van der Waals surface area contributed by atoms with E-state index in [-0.39, 0.29) is 11.9 Å². The Morgan fingerprint density at radius 1 is 1.22 bits per heavy atom. The molecule has 4 rings (SSSR count). The van der Waals surface area contributed by atoms with Gasteiger partial charge in [0.15, 0.2) is 5.16 Å². The topological polar surface area (TPSA) is 43.2 Å². The minimum atomic E-state index is -0.654. The number of ether oxygens (including phenoxy) is 1. The maximum absolute atomic E-state index is 13.5. The summed E-state index contributed by atoms with van der Waals surface area (Å²) in [5.41, 5.74) is 1.16. The first-order chi connectivity index (χ1) is 13.0. The zero-order chi connectivity index (χ0) is 19.0. The molecule has 4 nitrogen and oxygen atoms in total. The minimum absolute atomic E-state index is 0.224. The molecule has 2 heterocycles. The molecule has 1 saturated heterocycles. The highest BCUT2D eigenvalue weighted by atomic mass is 35.5. The fourth-order valence-corrected chi connectivity index (χ4v) is 4.23. The van der Waals surface area contributed by atoms with Crippen molar-refractivity contribution in [3.8, 4) is 0 Å². The number of rotatable bonds is 6. The second kappa shape index (κ2) is 7.26. The van der Waals surface area contributed by atoms with Crippen molar-refractivity contribution >= 4 is 23.4 Å². The number of aromatic nitrogens is 3. The molecule has 0 aliphatic carbocycles. The van der Waals surface area contributed by atoms with Crippen LogP contribution in [-0.2, 0) is 16.9 Å². The van der Waals surface area contributed by atoms with Crippen LogP contribution in [0.25, 0.3) is 0 Å². The molecule has 140 valence electrons. The van der Waals surface area contributed by atoms with Crippen molar-refractivity contribution in [2.24, 2.45) is 0 Å². The van der Waals surface area contributed by atoms with Crippen molar-refractivity contribution in [2.45, 2.75) is 42.5 Å². The van der Waals surface area contributed by atoms with E-state index in [1.807, 2.05) is 28.9 Å². The number of hydrogen-bond donors (Lipinski definition) is 0. The molecule has 0 spiro atoms. The highest BCUT2D eigenvalue weighted by molar-refractivity contribution is 7.99. The summed E-state index contributed by atoms with van der Waals surface area (Å²) in [5.74, 6) is -0.277. The Kier molecular flexibility index (Phi) is 4.97. The molecule has 1 aliphatic rings. The fourth-order valence-electron chi connectivity index (χ4n) is 3.23. The van der Waals surface area contributed by atoms with Crippen LogP contribution in [0.1, 0.15) is 31.1 Å². The van der Waals surface area contributed by atoms with Crippen LogP contribution in [-0.4, -0.2) is 20.0 Å². The minimum Gasteiger partial charge on any atom is -0.354 e. The SMILES string of the molecule is CC(C)Sc1ncnn1C[C@@]1(c2ccc(F)cc2)O[C@@H]1c1ccccc1Cl. The molecule has 2 atom stereocenters. The molecule has 27 heavy (non-hydrogen) atoms. The van der Waals surface area contributed by atoms with E-state index in [1.165, 1.54) is 12.1 Å². The van der Waals surface area contributed by atoms with Crippen LogP contribution < -0.4 is 0 Å². The molecule has 1 aliphatic heterocycles. The molecule has 0 unspecified atom stereocenters. The number of epoxide rings is 1. The van der Waals surface area contributed by atoms with E-state index >= 15 is 0 Å². The van der Waals surface area contributed by atoms with Gasteiger partial charge in [-0.2, -0.15) is 5.10 Å². The molecule has 0 N–H and O–H groups in total. The number of thioether (sulfide) groups is 1. The average molecular weight is 404 g/mol. The summed E-state index contributed by atoms with van der Waals surface area (Å²) in [4.78, 5) is 4.36. The van der Waals surface area contributed by atoms with Crippen molar-refractivity contribution in [1.82, 2.24) is 14.8 Å². The van der Waals surface area contributed by atoms with Crippen LogP contribution in [0.2, 0.25) is 5.02 Å². The molecule has 3 aromatic rings. The van der Waals surface area contributed by atoms with Crippen LogP contribution in [0.4, 0.5) is 4.39 Å². The van der Waals surface area contributed by atoms with E-state index in [2.05, 4.69) is 23.9 Å². The Bertz CT molecular complexity index is 946. The first-order valence-corrected chi connectivity index (χ1v) is 9.98. The van der Waals surface area contributed by atoms with Gasteiger partial charge in [0.1, 0.15) is 23.8 Å². The monoisotopic (exact) mass is 403 g/mol. The third kappa shape index (κ3) is 3.61.